The summed E-state index contributed by atoms with van der Waals surface area (Å²) < 4.78 is 54.0. The van der Waals surface area contributed by atoms with Crippen molar-refractivity contribution in [1.29, 1.82) is 0 Å². The average molecular weight is 1350 g/mol. The topological polar surface area (TPSA) is 209 Å². The first-order valence-corrected chi connectivity index (χ1v) is 40.0. The van der Waals surface area contributed by atoms with Crippen LogP contribution >= 0.6 is 0 Å². The number of ketones is 1. The third-order valence-corrected chi connectivity index (χ3v) is 29.8. The van der Waals surface area contributed by atoms with Gasteiger partial charge in [-0.3, -0.25) is 14.4 Å². The van der Waals surface area contributed by atoms with Gasteiger partial charge in [0.15, 0.2) is 34.1 Å². The number of amides is 1. The number of allylic oxidation sites excluding steroid dienone is 13. The molecule has 4 aliphatic rings. The number of carbonyl (C=O) groups is 6. The largest absolute Gasteiger partial charge is 0.460 e. The van der Waals surface area contributed by atoms with Crippen LogP contribution < -0.4 is 5.32 Å². The Balaban J connectivity index is 1.51. The molecule has 6 rings (SSSR count). The maximum Gasteiger partial charge on any atom is 0.408 e. The number of hydrogen-bond acceptors (Lipinski definition) is 15. The smallest absolute Gasteiger partial charge is 0.408 e. The van der Waals surface area contributed by atoms with E-state index in [4.69, 9.17) is 37.3 Å². The number of alkyl carbamates (subject to hydrolysis) is 1. The van der Waals surface area contributed by atoms with Crippen molar-refractivity contribution in [2.45, 2.75) is 258 Å². The molecule has 16 nitrogen and oxygen atoms in total. The van der Waals surface area contributed by atoms with Crippen LogP contribution in [-0.4, -0.2) is 111 Å². The van der Waals surface area contributed by atoms with E-state index in [2.05, 4.69) is 93.8 Å². The Morgan fingerprint density at radius 2 is 1.23 bits per heavy atom. The van der Waals surface area contributed by atoms with Gasteiger partial charge in [-0.2, -0.15) is 0 Å². The second kappa shape index (κ2) is 34.8. The zero-order valence-corrected chi connectivity index (χ0v) is 61.5. The van der Waals surface area contributed by atoms with E-state index in [0.717, 1.165) is 32.1 Å². The third-order valence-electron chi connectivity index (χ3n) is 20.5. The van der Waals surface area contributed by atoms with Gasteiger partial charge >= 0.3 is 30.0 Å². The number of nitrogens with one attached hydrogen (secondary N) is 1. The number of benzene rings is 2. The summed E-state index contributed by atoms with van der Waals surface area (Å²) in [5.74, 6) is -6.71. The van der Waals surface area contributed by atoms with Crippen molar-refractivity contribution in [2.24, 2.45) is 22.7 Å². The summed E-state index contributed by atoms with van der Waals surface area (Å²) in [6.07, 6.45) is 22.8. The lowest BCUT2D eigenvalue weighted by Crippen LogP contribution is -2.81. The van der Waals surface area contributed by atoms with Gasteiger partial charge in [0.1, 0.15) is 29.5 Å². The van der Waals surface area contributed by atoms with Gasteiger partial charge in [0.25, 0.3) is 0 Å². The van der Waals surface area contributed by atoms with Gasteiger partial charge < -0.3 is 47.7 Å². The first-order chi connectivity index (χ1) is 45.2. The predicted molar refractivity (Wildman–Crippen MR) is 377 cm³/mol. The van der Waals surface area contributed by atoms with Gasteiger partial charge in [0.2, 0.25) is 5.78 Å². The third kappa shape index (κ3) is 18.5. The van der Waals surface area contributed by atoms with Crippen LogP contribution in [0, 0.1) is 22.7 Å². The first-order valence-electron chi connectivity index (χ1n) is 35.0. The van der Waals surface area contributed by atoms with Gasteiger partial charge in [-0.05, 0) is 132 Å². The molecule has 2 unspecified atom stereocenters. The van der Waals surface area contributed by atoms with Crippen molar-refractivity contribution in [3.05, 3.63) is 156 Å². The van der Waals surface area contributed by atoms with E-state index < -0.39 is 135 Å². The average Bonchev–Trinajstić information content (AvgIpc) is 0.668. The predicted octanol–water partition coefficient (Wildman–Crippen LogP) is 16.6. The molecular weight excluding hydrogens is 1240 g/mol. The van der Waals surface area contributed by atoms with Gasteiger partial charge in [-0.25, -0.2) is 14.4 Å². The van der Waals surface area contributed by atoms with Gasteiger partial charge in [0, 0.05) is 37.5 Å². The number of Topliss-reactive ketones (excluding diaryl/α,β-unsaturated/α-hetero) is 1. The molecule has 2 N–H and O–H groups in total. The standard InChI is InChI=1S/C77H111NO15Si2/c1-16-23-24-25-26-27-28-29-30-31-32-33-34-35-36-37-38-39-46-51-62(80)88-65-63-55(8)59(87-71(83)66(93-95(20-5,21-6)22-7)64(57-47-42-40-43-48-57)78-72(84)91-73(10,11)12)53-77(85,74(63,13)14)69(89-70(82)58-49-44-41-45-50-58)67-75(15,68(65)81)60(92-94(17-2,18-3)19-4)52-61-76(67,54-86-61)90-56(9)79/h23-24,26-27,29-30,32-33,35-36,38-45,47-50,55,59-61,64,66-67,69,85H,16-22,25,28,31,34,37,46,51-54H2,1-15H3,(H,78,84)/t55?,59?,60-,61+,64-,66+,67-,69-,75+,76-,77+/m0/s1. The number of fused-ring (bicyclic) bond motifs is 5. The molecule has 3 aliphatic carbocycles. The Bertz CT molecular complexity index is 3100. The second-order valence-corrected chi connectivity index (χ2v) is 37.2. The fourth-order valence-electron chi connectivity index (χ4n) is 14.5. The normalized spacial score (nSPS) is 26.0. The van der Waals surface area contributed by atoms with Crippen LogP contribution in [0.1, 0.15) is 190 Å². The highest BCUT2D eigenvalue weighted by molar-refractivity contribution is 6.74. The minimum Gasteiger partial charge on any atom is -0.460 e. The van der Waals surface area contributed by atoms with Crippen molar-refractivity contribution >= 4 is 52.4 Å². The van der Waals surface area contributed by atoms with Crippen molar-refractivity contribution < 1.29 is 71.1 Å². The molecule has 18 heteroatoms. The SMILES string of the molecule is CCC=CCC=CCC=CCC=CCC=CCC=CCCC(=O)OC1=C2C(C)C(OC(=O)[C@H](O[Si](CC)(CC)CC)[C@@H](NC(=O)OC(C)(C)C)c3ccccc3)C[C@@](O)([C@@H](OC(=O)c3ccccc3)[C@@H]3[C@]4(OC(C)=O)CO[C@@H]4C[C@H](O[Si](CC)(CC)CC)[C@@]3(C)C1=O)C2(C)C. The van der Waals surface area contributed by atoms with Crippen molar-refractivity contribution in [1.82, 2.24) is 5.32 Å². The van der Waals surface area contributed by atoms with Crippen molar-refractivity contribution in [2.75, 3.05) is 6.61 Å². The number of rotatable bonds is 33. The minimum absolute atomic E-state index is 0.0658. The maximum atomic E-state index is 17.2. The van der Waals surface area contributed by atoms with E-state index in [-0.39, 0.29) is 42.8 Å². The quantitative estimate of drug-likeness (QED) is 0.0295. The molecule has 1 aliphatic heterocycles. The second-order valence-electron chi connectivity index (χ2n) is 27.7. The van der Waals surface area contributed by atoms with Crippen LogP contribution in [0.4, 0.5) is 4.79 Å². The zero-order chi connectivity index (χ0) is 69.8. The summed E-state index contributed by atoms with van der Waals surface area (Å²) in [4.78, 5) is 91.1. The minimum atomic E-state index is -2.81. The Kier molecular flexibility index (Phi) is 28.5. The van der Waals surface area contributed by atoms with Gasteiger partial charge in [-0.15, -0.1) is 0 Å². The maximum absolute atomic E-state index is 17.2. The number of ether oxygens (including phenoxy) is 6. The lowest BCUT2D eigenvalue weighted by atomic mass is 9.45. The van der Waals surface area contributed by atoms with Gasteiger partial charge in [0.05, 0.1) is 35.6 Å². The molecule has 1 heterocycles. The van der Waals surface area contributed by atoms with E-state index >= 15 is 14.4 Å². The summed E-state index contributed by atoms with van der Waals surface area (Å²) in [5.41, 5.74) is -7.81. The monoisotopic (exact) mass is 1350 g/mol. The Morgan fingerprint density at radius 3 is 1.72 bits per heavy atom. The molecule has 2 aromatic rings. The van der Waals surface area contributed by atoms with Crippen molar-refractivity contribution in [3.63, 3.8) is 0 Å². The Morgan fingerprint density at radius 1 is 0.716 bits per heavy atom. The molecule has 2 bridgehead atoms. The summed E-state index contributed by atoms with van der Waals surface area (Å²) in [7, 11) is -5.54. The number of carbonyl (C=O) groups excluding carboxylic acids is 6. The lowest BCUT2D eigenvalue weighted by Gasteiger charge is -2.68. The summed E-state index contributed by atoms with van der Waals surface area (Å²) in [6, 6.07) is 19.9. The first kappa shape index (κ1) is 77.7. The molecule has 1 saturated heterocycles. The molecule has 11 atom stereocenters. The summed E-state index contributed by atoms with van der Waals surface area (Å²) >= 11 is 0. The molecule has 0 spiro atoms. The molecule has 2 saturated carbocycles. The fourth-order valence-corrected chi connectivity index (χ4v) is 20.2. The van der Waals surface area contributed by atoms with Crippen LogP contribution in [-0.2, 0) is 56.5 Å². The van der Waals surface area contributed by atoms with Crippen LogP contribution in [0.5, 0.6) is 0 Å². The number of hydrogen-bond donors (Lipinski definition) is 2. The van der Waals surface area contributed by atoms with Crippen LogP contribution in [0.25, 0.3) is 0 Å². The van der Waals surface area contributed by atoms with Crippen LogP contribution in [0.2, 0.25) is 36.3 Å². The lowest BCUT2D eigenvalue weighted by molar-refractivity contribution is -0.344. The van der Waals surface area contributed by atoms with Crippen LogP contribution in [0.3, 0.4) is 0 Å². The molecule has 0 radical (unpaired) electrons. The molecule has 0 aromatic heterocycles. The molecular formula is C77H111NO15Si2. The summed E-state index contributed by atoms with van der Waals surface area (Å²) in [6.45, 7) is 27.5. The Hall–Kier alpha value is -6.29. The van der Waals surface area contributed by atoms with E-state index in [1.165, 1.54) is 6.92 Å². The molecule has 2 aromatic carbocycles. The number of esters is 4. The van der Waals surface area contributed by atoms with Gasteiger partial charge in [-0.1, -0.05) is 191 Å². The van der Waals surface area contributed by atoms with E-state index in [9.17, 15) is 19.5 Å². The Labute approximate surface area is 569 Å². The molecule has 3 fully saturated rings. The molecule has 522 valence electrons. The highest BCUT2D eigenvalue weighted by Crippen LogP contribution is 2.66. The zero-order valence-electron chi connectivity index (χ0n) is 59.5. The highest BCUT2D eigenvalue weighted by atomic mass is 28.4. The molecule has 1 amide bonds. The summed E-state index contributed by atoms with van der Waals surface area (Å²) in [5, 5.41) is 17.7. The molecule has 95 heavy (non-hydrogen) atoms. The van der Waals surface area contributed by atoms with E-state index in [0.29, 0.717) is 48.2 Å². The van der Waals surface area contributed by atoms with Crippen molar-refractivity contribution in [3.8, 4) is 0 Å². The van der Waals surface area contributed by atoms with E-state index in [1.807, 2.05) is 39.0 Å². The van der Waals surface area contributed by atoms with Crippen LogP contribution in [0.15, 0.2) is 145 Å². The number of aliphatic hydroxyl groups is 1. The fraction of sp³-hybridized carbons (Fsp3) is 0.584. The highest BCUT2D eigenvalue weighted by Gasteiger charge is 2.78. The van der Waals surface area contributed by atoms with E-state index in [1.54, 1.807) is 103 Å².